The summed E-state index contributed by atoms with van der Waals surface area (Å²) in [5.74, 6) is 0.800. The quantitative estimate of drug-likeness (QED) is 0.644. The second-order valence-electron chi connectivity index (χ2n) is 3.77. The van der Waals surface area contributed by atoms with Crippen LogP contribution in [0.2, 0.25) is 0 Å². The maximum Gasteiger partial charge on any atom is 0.0636 e. The first kappa shape index (κ1) is 9.01. The van der Waals surface area contributed by atoms with Gasteiger partial charge in [0.15, 0.2) is 0 Å². The fourth-order valence-electron chi connectivity index (χ4n) is 1.77. The summed E-state index contributed by atoms with van der Waals surface area (Å²) in [4.78, 5) is 0. The summed E-state index contributed by atoms with van der Waals surface area (Å²) in [6, 6.07) is 0.657. The Morgan fingerprint density at radius 2 is 2.27 bits per heavy atom. The average molecular weight is 157 g/mol. The van der Waals surface area contributed by atoms with Crippen molar-refractivity contribution < 1.29 is 5.11 Å². The van der Waals surface area contributed by atoms with Crippen molar-refractivity contribution >= 4 is 0 Å². The molecule has 2 nitrogen and oxygen atoms in total. The summed E-state index contributed by atoms with van der Waals surface area (Å²) in [6.45, 7) is 4.86. The van der Waals surface area contributed by atoms with Crippen LogP contribution in [-0.4, -0.2) is 23.8 Å². The lowest BCUT2D eigenvalue weighted by Gasteiger charge is -2.17. The van der Waals surface area contributed by atoms with Crippen LogP contribution in [0.3, 0.4) is 0 Å². The number of nitrogens with one attached hydrogen (secondary N) is 1. The van der Waals surface area contributed by atoms with E-state index < -0.39 is 0 Å². The average Bonchev–Trinajstić information content (AvgIpc) is 2.31. The van der Waals surface area contributed by atoms with Gasteiger partial charge < -0.3 is 10.4 Å². The third-order valence-corrected chi connectivity index (χ3v) is 2.54. The summed E-state index contributed by atoms with van der Waals surface area (Å²) >= 11 is 0. The van der Waals surface area contributed by atoms with E-state index in [0.717, 1.165) is 12.5 Å². The van der Waals surface area contributed by atoms with Crippen molar-refractivity contribution in [3.8, 4) is 0 Å². The zero-order valence-corrected chi connectivity index (χ0v) is 7.51. The number of aliphatic hydroxyl groups is 1. The molecule has 2 heteroatoms. The second kappa shape index (κ2) is 4.07. The molecule has 0 spiro atoms. The van der Waals surface area contributed by atoms with Crippen LogP contribution in [0.4, 0.5) is 0 Å². The van der Waals surface area contributed by atoms with Crippen LogP contribution in [0.15, 0.2) is 0 Å². The Morgan fingerprint density at radius 1 is 1.55 bits per heavy atom. The number of rotatable bonds is 3. The summed E-state index contributed by atoms with van der Waals surface area (Å²) in [7, 11) is 0. The molecule has 0 unspecified atom stereocenters. The molecule has 0 radical (unpaired) electrons. The highest BCUT2D eigenvalue weighted by atomic mass is 16.3. The van der Waals surface area contributed by atoms with E-state index in [4.69, 9.17) is 5.11 Å². The molecule has 0 aromatic heterocycles. The smallest absolute Gasteiger partial charge is 0.0636 e. The zero-order chi connectivity index (χ0) is 8.27. The molecule has 0 aromatic carbocycles. The first-order valence-corrected chi connectivity index (χ1v) is 4.61. The highest BCUT2D eigenvalue weighted by molar-refractivity contribution is 4.80. The van der Waals surface area contributed by atoms with E-state index in [-0.39, 0.29) is 6.10 Å². The third-order valence-electron chi connectivity index (χ3n) is 2.54. The molecule has 1 rings (SSSR count). The molecule has 66 valence electrons. The topological polar surface area (TPSA) is 32.3 Å². The molecule has 0 aromatic rings. The van der Waals surface area contributed by atoms with E-state index >= 15 is 0 Å². The highest BCUT2D eigenvalue weighted by Crippen LogP contribution is 2.24. The fourth-order valence-corrected chi connectivity index (χ4v) is 1.77. The number of aliphatic hydroxyl groups excluding tert-OH is 1. The van der Waals surface area contributed by atoms with E-state index in [2.05, 4.69) is 12.2 Å². The van der Waals surface area contributed by atoms with Crippen molar-refractivity contribution in [3.05, 3.63) is 0 Å². The van der Waals surface area contributed by atoms with Crippen LogP contribution in [0.1, 0.15) is 33.1 Å². The fraction of sp³-hybridized carbons (Fsp3) is 1.00. The summed E-state index contributed by atoms with van der Waals surface area (Å²) in [5, 5.41) is 12.4. The highest BCUT2D eigenvalue weighted by Gasteiger charge is 2.22. The van der Waals surface area contributed by atoms with Crippen molar-refractivity contribution in [2.45, 2.75) is 45.3 Å². The molecule has 0 bridgehead atoms. The lowest BCUT2D eigenvalue weighted by molar-refractivity contribution is 0.183. The monoisotopic (exact) mass is 157 g/mol. The Morgan fingerprint density at radius 3 is 2.73 bits per heavy atom. The minimum absolute atomic E-state index is 0.206. The lowest BCUT2D eigenvalue weighted by Crippen LogP contribution is -2.35. The van der Waals surface area contributed by atoms with Gasteiger partial charge in [0.1, 0.15) is 0 Å². The van der Waals surface area contributed by atoms with Crippen molar-refractivity contribution in [2.24, 2.45) is 5.92 Å². The van der Waals surface area contributed by atoms with Crippen LogP contribution in [0.5, 0.6) is 0 Å². The zero-order valence-electron chi connectivity index (χ0n) is 7.51. The summed E-state index contributed by atoms with van der Waals surface area (Å²) in [6.07, 6.45) is 3.77. The van der Waals surface area contributed by atoms with Crippen molar-refractivity contribution in [2.75, 3.05) is 6.54 Å². The molecule has 11 heavy (non-hydrogen) atoms. The van der Waals surface area contributed by atoms with E-state index in [1.54, 1.807) is 0 Å². The molecular weight excluding hydrogens is 138 g/mol. The summed E-state index contributed by atoms with van der Waals surface area (Å²) < 4.78 is 0. The number of hydrogen-bond acceptors (Lipinski definition) is 2. The maximum absolute atomic E-state index is 9.04. The van der Waals surface area contributed by atoms with Gasteiger partial charge in [-0.1, -0.05) is 13.3 Å². The lowest BCUT2D eigenvalue weighted by atomic mass is 10.1. The number of hydrogen-bond donors (Lipinski definition) is 2. The maximum atomic E-state index is 9.04. The molecule has 1 fully saturated rings. The Hall–Kier alpha value is -0.0800. The largest absolute Gasteiger partial charge is 0.392 e. The Kier molecular flexibility index (Phi) is 3.34. The second-order valence-corrected chi connectivity index (χ2v) is 3.77. The van der Waals surface area contributed by atoms with Gasteiger partial charge in [-0.2, -0.15) is 0 Å². The molecule has 3 atom stereocenters. The van der Waals surface area contributed by atoms with Gasteiger partial charge >= 0.3 is 0 Å². The van der Waals surface area contributed by atoms with Crippen LogP contribution in [0.25, 0.3) is 0 Å². The van der Waals surface area contributed by atoms with Gasteiger partial charge in [0.25, 0.3) is 0 Å². The molecule has 0 heterocycles. The molecular formula is C9H19NO. The van der Waals surface area contributed by atoms with Crippen molar-refractivity contribution in [1.29, 1.82) is 0 Å². The van der Waals surface area contributed by atoms with E-state index in [9.17, 15) is 0 Å². The normalized spacial score (nSPS) is 34.1. The van der Waals surface area contributed by atoms with Crippen LogP contribution in [-0.2, 0) is 0 Å². The van der Waals surface area contributed by atoms with Gasteiger partial charge in [-0.05, 0) is 25.7 Å². The Labute approximate surface area is 69.0 Å². The Bertz CT molecular complexity index is 114. The van der Waals surface area contributed by atoms with E-state index in [1.807, 2.05) is 6.92 Å². The Balaban J connectivity index is 2.15. The van der Waals surface area contributed by atoms with Crippen LogP contribution in [0, 0.1) is 5.92 Å². The molecule has 1 aliphatic rings. The molecule has 1 aliphatic carbocycles. The first-order valence-electron chi connectivity index (χ1n) is 4.61. The SMILES string of the molecule is C[C@H](O)CN[C@@H]1CCC[C@H]1C. The molecule has 1 saturated carbocycles. The van der Waals surface area contributed by atoms with Gasteiger partial charge in [0.05, 0.1) is 6.10 Å². The standard InChI is InChI=1S/C9H19NO/c1-7-4-3-5-9(7)10-6-8(2)11/h7-11H,3-6H2,1-2H3/t7-,8+,9-/m1/s1. The molecule has 0 aliphatic heterocycles. The van der Waals surface area contributed by atoms with Crippen molar-refractivity contribution in [3.63, 3.8) is 0 Å². The summed E-state index contributed by atoms with van der Waals surface area (Å²) in [5.41, 5.74) is 0. The van der Waals surface area contributed by atoms with Crippen molar-refractivity contribution in [1.82, 2.24) is 5.32 Å². The van der Waals surface area contributed by atoms with E-state index in [0.29, 0.717) is 6.04 Å². The molecule has 2 N–H and O–H groups in total. The minimum atomic E-state index is -0.206. The van der Waals surface area contributed by atoms with E-state index in [1.165, 1.54) is 19.3 Å². The predicted molar refractivity (Wildman–Crippen MR) is 46.5 cm³/mol. The van der Waals surface area contributed by atoms with Gasteiger partial charge in [-0.25, -0.2) is 0 Å². The minimum Gasteiger partial charge on any atom is -0.392 e. The van der Waals surface area contributed by atoms with Gasteiger partial charge in [-0.3, -0.25) is 0 Å². The van der Waals surface area contributed by atoms with Gasteiger partial charge in [-0.15, -0.1) is 0 Å². The molecule has 0 saturated heterocycles. The van der Waals surface area contributed by atoms with Crippen LogP contribution >= 0.6 is 0 Å². The van der Waals surface area contributed by atoms with Gasteiger partial charge in [0.2, 0.25) is 0 Å². The van der Waals surface area contributed by atoms with Gasteiger partial charge in [0, 0.05) is 12.6 Å². The van der Waals surface area contributed by atoms with Crippen LogP contribution < -0.4 is 5.32 Å². The predicted octanol–water partition coefficient (Wildman–Crippen LogP) is 1.15. The molecule has 0 amide bonds. The first-order chi connectivity index (χ1) is 5.20. The third kappa shape index (κ3) is 2.80.